The first kappa shape index (κ1) is 13.6. The maximum Gasteiger partial charge on any atom is 0.359 e. The van der Waals surface area contributed by atoms with Gasteiger partial charge in [0.2, 0.25) is 0 Å². The molecule has 0 spiro atoms. The van der Waals surface area contributed by atoms with Gasteiger partial charge in [0.05, 0.1) is 25.6 Å². The van der Waals surface area contributed by atoms with Gasteiger partial charge >= 0.3 is 5.97 Å². The van der Waals surface area contributed by atoms with Gasteiger partial charge in [-0.3, -0.25) is 4.68 Å². The van der Waals surface area contributed by atoms with E-state index in [2.05, 4.69) is 16.1 Å². The van der Waals surface area contributed by atoms with Crippen LogP contribution in [0.25, 0.3) is 0 Å². The SMILES string of the molecule is CCOC(=O)c1nn(CCC#N)c2c1CN(C)CC2. The Bertz CT molecular complexity index is 515. The van der Waals surface area contributed by atoms with E-state index in [-0.39, 0.29) is 5.97 Å². The third-order valence-corrected chi connectivity index (χ3v) is 3.23. The summed E-state index contributed by atoms with van der Waals surface area (Å²) in [5.74, 6) is -0.371. The standard InChI is InChI=1S/C13H18N4O2/c1-3-19-13(18)12-10-9-16(2)8-5-11(10)17(15-12)7-4-6-14/h3-5,7-9H2,1-2H3. The average Bonchev–Trinajstić information content (AvgIpc) is 2.74. The Hall–Kier alpha value is -1.87. The first-order valence-electron chi connectivity index (χ1n) is 6.48. The highest BCUT2D eigenvalue weighted by atomic mass is 16.5. The third kappa shape index (κ3) is 2.76. The van der Waals surface area contributed by atoms with Crippen LogP contribution in [0, 0.1) is 11.3 Å². The van der Waals surface area contributed by atoms with Crippen LogP contribution >= 0.6 is 0 Å². The van der Waals surface area contributed by atoms with E-state index in [1.54, 1.807) is 11.6 Å². The fourth-order valence-corrected chi connectivity index (χ4v) is 2.33. The summed E-state index contributed by atoms with van der Waals surface area (Å²) in [4.78, 5) is 14.1. The first-order valence-corrected chi connectivity index (χ1v) is 6.48. The van der Waals surface area contributed by atoms with E-state index in [9.17, 15) is 4.79 Å². The zero-order chi connectivity index (χ0) is 13.8. The Balaban J connectivity index is 2.35. The molecule has 0 amide bonds. The Kier molecular flexibility index (Phi) is 4.17. The summed E-state index contributed by atoms with van der Waals surface area (Å²) < 4.78 is 6.84. The van der Waals surface area contributed by atoms with Gasteiger partial charge in [0.15, 0.2) is 5.69 Å². The number of aryl methyl sites for hydroxylation is 1. The van der Waals surface area contributed by atoms with Gasteiger partial charge < -0.3 is 9.64 Å². The lowest BCUT2D eigenvalue weighted by molar-refractivity contribution is 0.0516. The molecule has 2 heterocycles. The van der Waals surface area contributed by atoms with Gasteiger partial charge in [-0.05, 0) is 14.0 Å². The highest BCUT2D eigenvalue weighted by molar-refractivity contribution is 5.89. The summed E-state index contributed by atoms with van der Waals surface area (Å²) >= 11 is 0. The van der Waals surface area contributed by atoms with Gasteiger partial charge in [-0.15, -0.1) is 0 Å². The lowest BCUT2D eigenvalue weighted by atomic mass is 10.1. The maximum atomic E-state index is 11.9. The summed E-state index contributed by atoms with van der Waals surface area (Å²) in [6.07, 6.45) is 1.25. The van der Waals surface area contributed by atoms with Gasteiger partial charge in [0.1, 0.15) is 0 Å². The average molecular weight is 262 g/mol. The molecule has 1 aromatic heterocycles. The van der Waals surface area contributed by atoms with Crippen molar-refractivity contribution >= 4 is 5.97 Å². The number of likely N-dealkylation sites (N-methyl/N-ethyl adjacent to an activating group) is 1. The number of fused-ring (bicyclic) bond motifs is 1. The molecule has 1 aliphatic heterocycles. The molecule has 0 fully saturated rings. The van der Waals surface area contributed by atoms with Crippen molar-refractivity contribution < 1.29 is 9.53 Å². The number of hydrogen-bond acceptors (Lipinski definition) is 5. The van der Waals surface area contributed by atoms with Crippen LogP contribution in [-0.4, -0.2) is 40.8 Å². The van der Waals surface area contributed by atoms with Crippen LogP contribution in [0.4, 0.5) is 0 Å². The molecule has 6 nitrogen and oxygen atoms in total. The zero-order valence-corrected chi connectivity index (χ0v) is 11.3. The fourth-order valence-electron chi connectivity index (χ4n) is 2.33. The smallest absolute Gasteiger partial charge is 0.359 e. The monoisotopic (exact) mass is 262 g/mol. The summed E-state index contributed by atoms with van der Waals surface area (Å²) in [5, 5.41) is 13.0. The molecular formula is C13H18N4O2. The Morgan fingerprint density at radius 1 is 1.58 bits per heavy atom. The van der Waals surface area contributed by atoms with E-state index in [1.807, 2.05) is 7.05 Å². The first-order chi connectivity index (χ1) is 9.17. The Morgan fingerprint density at radius 2 is 2.37 bits per heavy atom. The zero-order valence-electron chi connectivity index (χ0n) is 11.3. The molecule has 0 saturated carbocycles. The molecule has 0 N–H and O–H groups in total. The van der Waals surface area contributed by atoms with E-state index >= 15 is 0 Å². The molecule has 0 aliphatic carbocycles. The normalized spacial score (nSPS) is 14.8. The van der Waals surface area contributed by atoms with Gasteiger partial charge in [-0.25, -0.2) is 4.79 Å². The number of carbonyl (C=O) groups is 1. The summed E-state index contributed by atoms with van der Waals surface area (Å²) in [6, 6.07) is 2.11. The van der Waals surface area contributed by atoms with Crippen molar-refractivity contribution in [1.29, 1.82) is 5.26 Å². The highest BCUT2D eigenvalue weighted by Gasteiger charge is 2.27. The number of esters is 1. The van der Waals surface area contributed by atoms with Crippen molar-refractivity contribution in [1.82, 2.24) is 14.7 Å². The molecule has 2 rings (SSSR count). The maximum absolute atomic E-state index is 11.9. The van der Waals surface area contributed by atoms with E-state index in [0.29, 0.717) is 31.8 Å². The molecule has 102 valence electrons. The largest absolute Gasteiger partial charge is 0.461 e. The summed E-state index contributed by atoms with van der Waals surface area (Å²) in [7, 11) is 2.02. The molecule has 0 radical (unpaired) electrons. The van der Waals surface area contributed by atoms with E-state index in [4.69, 9.17) is 10.00 Å². The topological polar surface area (TPSA) is 71.1 Å². The summed E-state index contributed by atoms with van der Waals surface area (Å²) in [6.45, 7) is 4.29. The number of aromatic nitrogens is 2. The molecule has 0 saturated heterocycles. The van der Waals surface area contributed by atoms with Crippen molar-refractivity contribution in [3.05, 3.63) is 17.0 Å². The predicted molar refractivity (Wildman–Crippen MR) is 68.5 cm³/mol. The number of nitrogens with zero attached hydrogens (tertiary/aromatic N) is 4. The second-order valence-corrected chi connectivity index (χ2v) is 4.61. The minimum atomic E-state index is -0.371. The third-order valence-electron chi connectivity index (χ3n) is 3.23. The molecule has 0 aromatic carbocycles. The van der Waals surface area contributed by atoms with Crippen molar-refractivity contribution in [3.8, 4) is 6.07 Å². The van der Waals surface area contributed by atoms with E-state index in [1.165, 1.54) is 0 Å². The minimum absolute atomic E-state index is 0.342. The fraction of sp³-hybridized carbons (Fsp3) is 0.615. The minimum Gasteiger partial charge on any atom is -0.461 e. The molecule has 0 atom stereocenters. The number of nitriles is 1. The van der Waals surface area contributed by atoms with Crippen molar-refractivity contribution in [2.75, 3.05) is 20.2 Å². The molecular weight excluding hydrogens is 244 g/mol. The second kappa shape index (κ2) is 5.85. The highest BCUT2D eigenvalue weighted by Crippen LogP contribution is 2.22. The quantitative estimate of drug-likeness (QED) is 0.756. The van der Waals surface area contributed by atoms with Crippen LogP contribution < -0.4 is 0 Å². The van der Waals surface area contributed by atoms with E-state index in [0.717, 1.165) is 24.2 Å². The van der Waals surface area contributed by atoms with Crippen LogP contribution in [-0.2, 0) is 24.2 Å². The summed E-state index contributed by atoms with van der Waals surface area (Å²) in [5.41, 5.74) is 2.42. The lowest BCUT2D eigenvalue weighted by Crippen LogP contribution is -2.28. The number of ether oxygens (including phenoxy) is 1. The predicted octanol–water partition coefficient (Wildman–Crippen LogP) is 0.961. The molecule has 6 heteroatoms. The van der Waals surface area contributed by atoms with Crippen LogP contribution in [0.3, 0.4) is 0 Å². The van der Waals surface area contributed by atoms with Crippen molar-refractivity contribution in [2.24, 2.45) is 0 Å². The van der Waals surface area contributed by atoms with Gasteiger partial charge in [-0.2, -0.15) is 10.4 Å². The molecule has 0 unspecified atom stereocenters. The van der Waals surface area contributed by atoms with Crippen molar-refractivity contribution in [2.45, 2.75) is 32.9 Å². The van der Waals surface area contributed by atoms with Crippen LogP contribution in [0.2, 0.25) is 0 Å². The Labute approximate surface area is 112 Å². The van der Waals surface area contributed by atoms with Crippen LogP contribution in [0.1, 0.15) is 35.1 Å². The van der Waals surface area contributed by atoms with Gasteiger partial charge in [0, 0.05) is 30.8 Å². The molecule has 1 aliphatic rings. The van der Waals surface area contributed by atoms with Crippen LogP contribution in [0.5, 0.6) is 0 Å². The van der Waals surface area contributed by atoms with Gasteiger partial charge in [-0.1, -0.05) is 0 Å². The number of hydrogen-bond donors (Lipinski definition) is 0. The number of rotatable bonds is 4. The van der Waals surface area contributed by atoms with Crippen molar-refractivity contribution in [3.63, 3.8) is 0 Å². The Morgan fingerprint density at radius 3 is 3.05 bits per heavy atom. The van der Waals surface area contributed by atoms with Crippen LogP contribution in [0.15, 0.2) is 0 Å². The van der Waals surface area contributed by atoms with Gasteiger partial charge in [0.25, 0.3) is 0 Å². The molecule has 19 heavy (non-hydrogen) atoms. The molecule has 0 bridgehead atoms. The second-order valence-electron chi connectivity index (χ2n) is 4.61. The number of carbonyl (C=O) groups excluding carboxylic acids is 1. The van der Waals surface area contributed by atoms with E-state index < -0.39 is 0 Å². The molecule has 1 aromatic rings. The lowest BCUT2D eigenvalue weighted by Gasteiger charge is -2.23.